The van der Waals surface area contributed by atoms with E-state index in [9.17, 15) is 13.2 Å². The Hall–Kier alpha value is -1.38. The number of hydrogen-bond donors (Lipinski definition) is 1. The van der Waals surface area contributed by atoms with Crippen LogP contribution in [0.2, 0.25) is 0 Å². The first-order valence-corrected chi connectivity index (χ1v) is 9.45. The van der Waals surface area contributed by atoms with Gasteiger partial charge in [0.15, 0.2) is 0 Å². The fraction of sp³-hybridized carbons (Fsp3) is 0.667. The molecule has 2 aliphatic heterocycles. The van der Waals surface area contributed by atoms with Gasteiger partial charge in [0, 0.05) is 19.6 Å². The second-order valence-electron chi connectivity index (χ2n) is 6.24. The van der Waals surface area contributed by atoms with Gasteiger partial charge in [-0.15, -0.1) is 0 Å². The van der Waals surface area contributed by atoms with E-state index in [1.54, 1.807) is 6.07 Å². The van der Waals surface area contributed by atoms with Gasteiger partial charge in [0.2, 0.25) is 5.09 Å². The Kier molecular flexibility index (Phi) is 4.74. The fourth-order valence-electron chi connectivity index (χ4n) is 3.26. The minimum atomic E-state index is -3.53. The second kappa shape index (κ2) is 6.62. The van der Waals surface area contributed by atoms with Gasteiger partial charge < -0.3 is 9.52 Å². The van der Waals surface area contributed by atoms with Gasteiger partial charge in [-0.3, -0.25) is 9.69 Å². The third kappa shape index (κ3) is 3.59. The van der Waals surface area contributed by atoms with Crippen LogP contribution >= 0.6 is 0 Å². The molecule has 0 spiro atoms. The minimum Gasteiger partial charge on any atom is -0.481 e. The molecule has 0 amide bonds. The highest BCUT2D eigenvalue weighted by Gasteiger charge is 2.31. The summed E-state index contributed by atoms with van der Waals surface area (Å²) in [6, 6.07) is 3.18. The number of aliphatic carboxylic acids is 1. The first-order valence-electron chi connectivity index (χ1n) is 8.01. The number of nitrogens with zero attached hydrogens (tertiary/aromatic N) is 2. The van der Waals surface area contributed by atoms with Gasteiger partial charge in [-0.2, -0.15) is 4.31 Å². The number of sulfonamides is 1. The quantitative estimate of drug-likeness (QED) is 0.869. The van der Waals surface area contributed by atoms with E-state index in [0.717, 1.165) is 25.8 Å². The van der Waals surface area contributed by atoms with E-state index >= 15 is 0 Å². The molecule has 8 heteroatoms. The molecular formula is C15H22N2O5S. The van der Waals surface area contributed by atoms with E-state index in [-0.39, 0.29) is 11.0 Å². The van der Waals surface area contributed by atoms with Crippen LogP contribution in [-0.2, 0) is 21.4 Å². The smallest absolute Gasteiger partial charge is 0.307 e. The van der Waals surface area contributed by atoms with Crippen molar-refractivity contribution < 1.29 is 22.7 Å². The number of hydrogen-bond acceptors (Lipinski definition) is 5. The summed E-state index contributed by atoms with van der Waals surface area (Å²) in [5, 5.41) is 9.11. The van der Waals surface area contributed by atoms with Crippen molar-refractivity contribution in [3.05, 3.63) is 17.9 Å². The van der Waals surface area contributed by atoms with E-state index in [1.807, 2.05) is 4.90 Å². The maximum Gasteiger partial charge on any atom is 0.307 e. The van der Waals surface area contributed by atoms with Crippen LogP contribution in [0.25, 0.3) is 0 Å². The lowest BCUT2D eigenvalue weighted by molar-refractivity contribution is -0.143. The van der Waals surface area contributed by atoms with Crippen LogP contribution in [0.5, 0.6) is 0 Å². The molecule has 0 aliphatic carbocycles. The molecule has 2 fully saturated rings. The average Bonchev–Trinajstić information content (AvgIpc) is 3.19. The summed E-state index contributed by atoms with van der Waals surface area (Å²) in [6.07, 6.45) is 3.30. The maximum absolute atomic E-state index is 12.4. The van der Waals surface area contributed by atoms with E-state index in [0.29, 0.717) is 38.4 Å². The second-order valence-corrected chi connectivity index (χ2v) is 8.11. The van der Waals surface area contributed by atoms with E-state index in [2.05, 4.69) is 0 Å². The third-order valence-electron chi connectivity index (χ3n) is 4.53. The number of furan rings is 1. The Morgan fingerprint density at radius 2 is 1.96 bits per heavy atom. The van der Waals surface area contributed by atoms with Gasteiger partial charge in [-0.1, -0.05) is 0 Å². The van der Waals surface area contributed by atoms with Crippen LogP contribution in [0.4, 0.5) is 0 Å². The van der Waals surface area contributed by atoms with Gasteiger partial charge in [0.1, 0.15) is 5.76 Å². The number of carbonyl (C=O) groups is 1. The molecule has 2 saturated heterocycles. The molecule has 0 saturated carbocycles. The van der Waals surface area contributed by atoms with Gasteiger partial charge in [0.25, 0.3) is 10.0 Å². The van der Waals surface area contributed by atoms with Crippen LogP contribution < -0.4 is 0 Å². The van der Waals surface area contributed by atoms with Gasteiger partial charge in [-0.25, -0.2) is 8.42 Å². The number of rotatable bonds is 5. The summed E-state index contributed by atoms with van der Waals surface area (Å²) in [6.45, 7) is 2.82. The Bertz CT molecular complexity index is 663. The topological polar surface area (TPSA) is 91.1 Å². The molecular weight excluding hydrogens is 320 g/mol. The Balaban J connectivity index is 1.66. The molecule has 3 heterocycles. The van der Waals surface area contributed by atoms with E-state index in [1.165, 1.54) is 10.4 Å². The molecule has 1 N–H and O–H groups in total. The molecule has 0 bridgehead atoms. The number of piperidine rings is 1. The minimum absolute atomic E-state index is 0.0128. The van der Waals surface area contributed by atoms with Crippen LogP contribution in [0.3, 0.4) is 0 Å². The van der Waals surface area contributed by atoms with Crippen LogP contribution in [-0.4, -0.2) is 54.9 Å². The van der Waals surface area contributed by atoms with Crippen molar-refractivity contribution in [3.63, 3.8) is 0 Å². The largest absolute Gasteiger partial charge is 0.481 e. The van der Waals surface area contributed by atoms with Crippen molar-refractivity contribution in [1.82, 2.24) is 9.21 Å². The maximum atomic E-state index is 12.4. The summed E-state index contributed by atoms with van der Waals surface area (Å²) < 4.78 is 31.8. The van der Waals surface area contributed by atoms with Crippen molar-refractivity contribution in [2.45, 2.75) is 37.3 Å². The van der Waals surface area contributed by atoms with Gasteiger partial charge in [-0.05, 0) is 44.4 Å². The van der Waals surface area contributed by atoms with Gasteiger partial charge >= 0.3 is 5.97 Å². The first kappa shape index (κ1) is 16.5. The molecule has 1 unspecified atom stereocenters. The Morgan fingerprint density at radius 3 is 2.65 bits per heavy atom. The summed E-state index contributed by atoms with van der Waals surface area (Å²) in [4.78, 5) is 13.1. The zero-order valence-corrected chi connectivity index (χ0v) is 13.8. The van der Waals surface area contributed by atoms with Gasteiger partial charge in [0.05, 0.1) is 12.5 Å². The zero-order valence-electron chi connectivity index (χ0n) is 13.0. The lowest BCUT2D eigenvalue weighted by Crippen LogP contribution is -2.38. The summed E-state index contributed by atoms with van der Waals surface area (Å²) >= 11 is 0. The highest BCUT2D eigenvalue weighted by molar-refractivity contribution is 7.89. The Labute approximate surface area is 135 Å². The number of likely N-dealkylation sites (tertiary alicyclic amines) is 1. The molecule has 1 aromatic rings. The molecule has 7 nitrogen and oxygen atoms in total. The molecule has 0 aromatic carbocycles. The van der Waals surface area contributed by atoms with Crippen molar-refractivity contribution in [2.24, 2.45) is 5.92 Å². The lowest BCUT2D eigenvalue weighted by atomic mass is 9.98. The van der Waals surface area contributed by atoms with Crippen molar-refractivity contribution in [3.8, 4) is 0 Å². The first-order chi connectivity index (χ1) is 11.0. The van der Waals surface area contributed by atoms with Crippen LogP contribution in [0.15, 0.2) is 21.6 Å². The molecule has 23 heavy (non-hydrogen) atoms. The van der Waals surface area contributed by atoms with Crippen molar-refractivity contribution in [1.29, 1.82) is 0 Å². The van der Waals surface area contributed by atoms with Crippen LogP contribution in [0, 0.1) is 5.92 Å². The molecule has 128 valence electrons. The van der Waals surface area contributed by atoms with E-state index in [4.69, 9.17) is 9.52 Å². The lowest BCUT2D eigenvalue weighted by Gasteiger charge is -2.29. The predicted molar refractivity (Wildman–Crippen MR) is 82.3 cm³/mol. The SMILES string of the molecule is O=C(O)C1CCCN(Cc2ccc(S(=O)(=O)N3CCCC3)o2)C1. The van der Waals surface area contributed by atoms with E-state index < -0.39 is 16.0 Å². The van der Waals surface area contributed by atoms with Crippen molar-refractivity contribution >= 4 is 16.0 Å². The normalized spacial score (nSPS) is 24.1. The summed E-state index contributed by atoms with van der Waals surface area (Å²) in [5.41, 5.74) is 0. The van der Waals surface area contributed by atoms with Crippen molar-refractivity contribution in [2.75, 3.05) is 26.2 Å². The highest BCUT2D eigenvalue weighted by atomic mass is 32.2. The number of carboxylic acid groups (broad SMARTS) is 1. The monoisotopic (exact) mass is 342 g/mol. The number of carboxylic acids is 1. The predicted octanol–water partition coefficient (Wildman–Crippen LogP) is 1.36. The van der Waals surface area contributed by atoms with Crippen LogP contribution in [0.1, 0.15) is 31.4 Å². The fourth-order valence-corrected chi connectivity index (χ4v) is 4.70. The molecule has 1 aromatic heterocycles. The Morgan fingerprint density at radius 1 is 1.22 bits per heavy atom. The molecule has 0 radical (unpaired) electrons. The molecule has 2 aliphatic rings. The summed E-state index contributed by atoms with van der Waals surface area (Å²) in [5.74, 6) is -0.563. The average molecular weight is 342 g/mol. The zero-order chi connectivity index (χ0) is 16.4. The summed E-state index contributed by atoms with van der Waals surface area (Å²) in [7, 11) is -3.53. The standard InChI is InChI=1S/C15H22N2O5S/c18-15(19)12-4-3-7-16(10-12)11-13-5-6-14(22-13)23(20,21)17-8-1-2-9-17/h5-6,12H,1-4,7-11H2,(H,18,19). The molecule has 1 atom stereocenters. The third-order valence-corrected chi connectivity index (χ3v) is 6.30. The molecule has 3 rings (SSSR count). The highest BCUT2D eigenvalue weighted by Crippen LogP contribution is 2.24.